The van der Waals surface area contributed by atoms with Gasteiger partial charge in [0.15, 0.2) is 0 Å². The highest BCUT2D eigenvalue weighted by Crippen LogP contribution is 2.29. The first-order valence-electron chi connectivity index (χ1n) is 6.57. The standard InChI is InChI=1S/C15H17F3N2O/c1-10(8-19)9-20-14(21)11(2)7-12-3-5-13(6-4-12)15(16,17)18/h3-6,10-11H,7,9H2,1-2H3,(H,20,21)/t10-,11+/m1/s1. The average Bonchev–Trinajstić information content (AvgIpc) is 2.43. The molecule has 0 aromatic heterocycles. The van der Waals surface area contributed by atoms with Crippen LogP contribution in [0.5, 0.6) is 0 Å². The number of carbonyl (C=O) groups excluding carboxylic acids is 1. The SMILES string of the molecule is C[C@H](C#N)CNC(=O)[C@@H](C)Cc1ccc(C(F)(F)F)cc1. The molecule has 2 atom stereocenters. The molecule has 1 N–H and O–H groups in total. The van der Waals surface area contributed by atoms with Crippen LogP contribution in [0.2, 0.25) is 0 Å². The number of halogens is 3. The molecule has 0 saturated heterocycles. The molecule has 1 amide bonds. The lowest BCUT2D eigenvalue weighted by molar-refractivity contribution is -0.137. The molecule has 0 spiro atoms. The highest BCUT2D eigenvalue weighted by molar-refractivity contribution is 5.78. The molecule has 0 aliphatic heterocycles. The third-order valence-electron chi connectivity index (χ3n) is 3.07. The number of rotatable bonds is 5. The Bertz CT molecular complexity index is 517. The molecule has 0 bridgehead atoms. The van der Waals surface area contributed by atoms with E-state index >= 15 is 0 Å². The number of alkyl halides is 3. The van der Waals surface area contributed by atoms with E-state index in [1.54, 1.807) is 13.8 Å². The van der Waals surface area contributed by atoms with Crippen molar-refractivity contribution in [3.63, 3.8) is 0 Å². The Morgan fingerprint density at radius 3 is 2.33 bits per heavy atom. The Morgan fingerprint density at radius 2 is 1.86 bits per heavy atom. The van der Waals surface area contributed by atoms with Crippen LogP contribution in [0, 0.1) is 23.2 Å². The fourth-order valence-corrected chi connectivity index (χ4v) is 1.75. The zero-order valence-corrected chi connectivity index (χ0v) is 11.9. The molecule has 0 aliphatic rings. The minimum absolute atomic E-state index is 0.211. The Labute approximate surface area is 121 Å². The third kappa shape index (κ3) is 5.46. The van der Waals surface area contributed by atoms with Gasteiger partial charge in [-0.1, -0.05) is 19.1 Å². The summed E-state index contributed by atoms with van der Waals surface area (Å²) in [5.74, 6) is -0.850. The van der Waals surface area contributed by atoms with Gasteiger partial charge in [-0.3, -0.25) is 4.79 Å². The lowest BCUT2D eigenvalue weighted by atomic mass is 9.99. The highest BCUT2D eigenvalue weighted by atomic mass is 19.4. The summed E-state index contributed by atoms with van der Waals surface area (Å²) in [7, 11) is 0. The fraction of sp³-hybridized carbons (Fsp3) is 0.467. The quantitative estimate of drug-likeness (QED) is 0.908. The summed E-state index contributed by atoms with van der Waals surface area (Å²) in [4.78, 5) is 11.8. The lowest BCUT2D eigenvalue weighted by Crippen LogP contribution is -2.33. The van der Waals surface area contributed by atoms with Crippen molar-refractivity contribution in [1.29, 1.82) is 5.26 Å². The summed E-state index contributed by atoms with van der Waals surface area (Å²) < 4.78 is 37.3. The Hall–Kier alpha value is -2.03. The second-order valence-corrected chi connectivity index (χ2v) is 5.08. The lowest BCUT2D eigenvalue weighted by Gasteiger charge is -2.13. The average molecular weight is 298 g/mol. The minimum atomic E-state index is -4.35. The molecular formula is C15H17F3N2O. The Kier molecular flexibility index (Phi) is 5.77. The summed E-state index contributed by atoms with van der Waals surface area (Å²) in [6.45, 7) is 3.66. The summed E-state index contributed by atoms with van der Waals surface area (Å²) in [6.07, 6.45) is -4.00. The van der Waals surface area contributed by atoms with Crippen molar-refractivity contribution < 1.29 is 18.0 Å². The molecule has 0 aliphatic carbocycles. The van der Waals surface area contributed by atoms with Crippen molar-refractivity contribution >= 4 is 5.91 Å². The largest absolute Gasteiger partial charge is 0.416 e. The van der Waals surface area contributed by atoms with Crippen LogP contribution in [-0.4, -0.2) is 12.5 Å². The van der Waals surface area contributed by atoms with E-state index in [9.17, 15) is 18.0 Å². The molecule has 1 aromatic rings. The zero-order valence-electron chi connectivity index (χ0n) is 11.9. The molecule has 114 valence electrons. The van der Waals surface area contributed by atoms with Crippen LogP contribution in [0.15, 0.2) is 24.3 Å². The van der Waals surface area contributed by atoms with E-state index < -0.39 is 11.7 Å². The molecule has 1 rings (SSSR count). The van der Waals surface area contributed by atoms with Gasteiger partial charge in [-0.2, -0.15) is 18.4 Å². The molecule has 21 heavy (non-hydrogen) atoms. The van der Waals surface area contributed by atoms with Crippen LogP contribution in [0.1, 0.15) is 25.0 Å². The van der Waals surface area contributed by atoms with Gasteiger partial charge in [-0.25, -0.2) is 0 Å². The third-order valence-corrected chi connectivity index (χ3v) is 3.07. The second kappa shape index (κ2) is 7.11. The molecule has 3 nitrogen and oxygen atoms in total. The summed E-state index contributed by atoms with van der Waals surface area (Å²) in [5, 5.41) is 11.3. The number of nitriles is 1. The van der Waals surface area contributed by atoms with Crippen LogP contribution >= 0.6 is 0 Å². The minimum Gasteiger partial charge on any atom is -0.355 e. The van der Waals surface area contributed by atoms with E-state index in [1.807, 2.05) is 6.07 Å². The first-order valence-corrected chi connectivity index (χ1v) is 6.57. The normalized spacial score (nSPS) is 14.1. The molecule has 0 unspecified atom stereocenters. The van der Waals surface area contributed by atoms with Gasteiger partial charge in [-0.05, 0) is 31.0 Å². The first-order chi connectivity index (χ1) is 9.74. The smallest absolute Gasteiger partial charge is 0.355 e. The van der Waals surface area contributed by atoms with Gasteiger partial charge in [-0.15, -0.1) is 0 Å². The number of benzene rings is 1. The maximum atomic E-state index is 12.4. The maximum Gasteiger partial charge on any atom is 0.416 e. The fourth-order valence-electron chi connectivity index (χ4n) is 1.75. The van der Waals surface area contributed by atoms with Gasteiger partial charge < -0.3 is 5.32 Å². The Morgan fingerprint density at radius 1 is 1.29 bits per heavy atom. The molecule has 0 radical (unpaired) electrons. The van der Waals surface area contributed by atoms with Crippen LogP contribution in [-0.2, 0) is 17.4 Å². The van der Waals surface area contributed by atoms with Crippen LogP contribution in [0.4, 0.5) is 13.2 Å². The number of nitrogens with zero attached hydrogens (tertiary/aromatic N) is 1. The number of carbonyl (C=O) groups is 1. The number of amides is 1. The van der Waals surface area contributed by atoms with Crippen molar-refractivity contribution in [3.8, 4) is 6.07 Å². The summed E-state index contributed by atoms with van der Waals surface area (Å²) in [6, 6.07) is 6.79. The molecule has 0 fully saturated rings. The number of nitrogens with one attached hydrogen (secondary N) is 1. The number of hydrogen-bond donors (Lipinski definition) is 1. The topological polar surface area (TPSA) is 52.9 Å². The van der Waals surface area contributed by atoms with Gasteiger partial charge in [0.05, 0.1) is 17.6 Å². The predicted molar refractivity (Wildman–Crippen MR) is 72.1 cm³/mol. The van der Waals surface area contributed by atoms with E-state index in [1.165, 1.54) is 12.1 Å². The van der Waals surface area contributed by atoms with E-state index in [0.29, 0.717) is 12.0 Å². The Balaban J connectivity index is 2.57. The van der Waals surface area contributed by atoms with Gasteiger partial charge in [0.25, 0.3) is 0 Å². The maximum absolute atomic E-state index is 12.4. The van der Waals surface area contributed by atoms with E-state index in [-0.39, 0.29) is 24.3 Å². The van der Waals surface area contributed by atoms with Crippen LogP contribution < -0.4 is 5.32 Å². The van der Waals surface area contributed by atoms with E-state index in [0.717, 1.165) is 12.1 Å². The number of hydrogen-bond acceptors (Lipinski definition) is 2. The van der Waals surface area contributed by atoms with Gasteiger partial charge in [0.2, 0.25) is 5.91 Å². The molecule has 1 aromatic carbocycles. The first kappa shape index (κ1) is 17.0. The molecule has 0 heterocycles. The zero-order chi connectivity index (χ0) is 16.0. The van der Waals surface area contributed by atoms with Crippen molar-refractivity contribution in [2.24, 2.45) is 11.8 Å². The van der Waals surface area contributed by atoms with Crippen LogP contribution in [0.25, 0.3) is 0 Å². The van der Waals surface area contributed by atoms with Crippen molar-refractivity contribution in [2.75, 3.05) is 6.54 Å². The molecule has 0 saturated carbocycles. The van der Waals surface area contributed by atoms with Gasteiger partial charge in [0, 0.05) is 12.5 Å². The van der Waals surface area contributed by atoms with E-state index in [2.05, 4.69) is 5.32 Å². The summed E-state index contributed by atoms with van der Waals surface area (Å²) >= 11 is 0. The van der Waals surface area contributed by atoms with Gasteiger partial charge in [0.1, 0.15) is 0 Å². The van der Waals surface area contributed by atoms with Crippen molar-refractivity contribution in [2.45, 2.75) is 26.4 Å². The monoisotopic (exact) mass is 298 g/mol. The molecule has 6 heteroatoms. The van der Waals surface area contributed by atoms with Crippen molar-refractivity contribution in [3.05, 3.63) is 35.4 Å². The van der Waals surface area contributed by atoms with Crippen LogP contribution in [0.3, 0.4) is 0 Å². The van der Waals surface area contributed by atoms with E-state index in [4.69, 9.17) is 5.26 Å². The predicted octanol–water partition coefficient (Wildman–Crippen LogP) is 3.16. The van der Waals surface area contributed by atoms with Gasteiger partial charge >= 0.3 is 6.18 Å². The highest BCUT2D eigenvalue weighted by Gasteiger charge is 2.30. The summed E-state index contributed by atoms with van der Waals surface area (Å²) in [5.41, 5.74) is -0.0369. The van der Waals surface area contributed by atoms with Crippen molar-refractivity contribution in [1.82, 2.24) is 5.32 Å². The second-order valence-electron chi connectivity index (χ2n) is 5.08. The molecular weight excluding hydrogens is 281 g/mol.